The van der Waals surface area contributed by atoms with E-state index in [0.717, 1.165) is 28.3 Å². The van der Waals surface area contributed by atoms with Crippen molar-refractivity contribution < 1.29 is 0 Å². The van der Waals surface area contributed by atoms with Crippen molar-refractivity contribution in [1.29, 1.82) is 0 Å². The summed E-state index contributed by atoms with van der Waals surface area (Å²) in [5.74, 6) is 0. The van der Waals surface area contributed by atoms with E-state index in [2.05, 4.69) is 95.1 Å². The summed E-state index contributed by atoms with van der Waals surface area (Å²) >= 11 is 0. The van der Waals surface area contributed by atoms with Crippen molar-refractivity contribution in [3.63, 3.8) is 0 Å². The molecule has 4 aromatic carbocycles. The molecular formula is C26H23N3. The van der Waals surface area contributed by atoms with E-state index in [1.165, 1.54) is 5.56 Å². The Balaban J connectivity index is 1.58. The molecule has 4 aromatic rings. The lowest BCUT2D eigenvalue weighted by Gasteiger charge is -2.25. The van der Waals surface area contributed by atoms with Gasteiger partial charge in [-0.05, 0) is 61.0 Å². The molecule has 29 heavy (non-hydrogen) atoms. The van der Waals surface area contributed by atoms with Crippen molar-refractivity contribution in [1.82, 2.24) is 0 Å². The van der Waals surface area contributed by atoms with Gasteiger partial charge in [0.2, 0.25) is 0 Å². The smallest absolute Gasteiger partial charge is 0.0561 e. The van der Waals surface area contributed by atoms with Crippen molar-refractivity contribution in [3.8, 4) is 0 Å². The number of rotatable bonds is 6. The summed E-state index contributed by atoms with van der Waals surface area (Å²) in [6, 6.07) is 37.3. The number of hydrogen-bond acceptors (Lipinski definition) is 3. The third-order valence-corrected chi connectivity index (χ3v) is 4.64. The molecule has 0 bridgehead atoms. The highest BCUT2D eigenvalue weighted by Gasteiger charge is 2.11. The second kappa shape index (κ2) is 8.89. The van der Waals surface area contributed by atoms with Crippen LogP contribution in [0.2, 0.25) is 0 Å². The van der Waals surface area contributed by atoms with Crippen LogP contribution in [0.15, 0.2) is 114 Å². The van der Waals surface area contributed by atoms with Crippen LogP contribution in [0.4, 0.5) is 22.7 Å². The van der Waals surface area contributed by atoms with Crippen LogP contribution < -0.4 is 10.3 Å². The average Bonchev–Trinajstić information content (AvgIpc) is 2.78. The highest BCUT2D eigenvalue weighted by atomic mass is 15.3. The number of anilines is 4. The highest BCUT2D eigenvalue weighted by Crippen LogP contribution is 2.34. The molecule has 1 N–H and O–H groups in total. The number of hydrazone groups is 1. The minimum atomic E-state index is 0.968. The number of para-hydroxylation sites is 2. The summed E-state index contributed by atoms with van der Waals surface area (Å²) < 4.78 is 0. The van der Waals surface area contributed by atoms with E-state index < -0.39 is 0 Å². The second-order valence-electron chi connectivity index (χ2n) is 6.83. The van der Waals surface area contributed by atoms with Crippen LogP contribution in [-0.2, 0) is 0 Å². The number of nitrogens with zero attached hydrogens (tertiary/aromatic N) is 2. The standard InChI is InChI=1S/C26H23N3/c1-21-12-16-25(17-13-21)29(24-10-6-3-7-11-24)26-18-14-22(15-19-26)20-27-28-23-8-4-2-5-9-23/h2-20,28H,1H3/b27-20+. The van der Waals surface area contributed by atoms with Gasteiger partial charge in [0.25, 0.3) is 0 Å². The molecule has 0 amide bonds. The van der Waals surface area contributed by atoms with Crippen molar-refractivity contribution in [2.24, 2.45) is 5.10 Å². The summed E-state index contributed by atoms with van der Waals surface area (Å²) in [4.78, 5) is 2.25. The van der Waals surface area contributed by atoms with Crippen LogP contribution in [0.1, 0.15) is 11.1 Å². The van der Waals surface area contributed by atoms with Crippen molar-refractivity contribution in [3.05, 3.63) is 120 Å². The van der Waals surface area contributed by atoms with Gasteiger partial charge in [0.15, 0.2) is 0 Å². The Kier molecular flexibility index (Phi) is 5.68. The van der Waals surface area contributed by atoms with Gasteiger partial charge in [-0.25, -0.2) is 0 Å². The zero-order valence-electron chi connectivity index (χ0n) is 16.4. The first kappa shape index (κ1) is 18.5. The van der Waals surface area contributed by atoms with Crippen LogP contribution in [-0.4, -0.2) is 6.21 Å². The lowest BCUT2D eigenvalue weighted by molar-refractivity contribution is 1.27. The Bertz CT molecular complexity index is 1050. The lowest BCUT2D eigenvalue weighted by atomic mass is 10.1. The van der Waals surface area contributed by atoms with Gasteiger partial charge in [0.1, 0.15) is 0 Å². The van der Waals surface area contributed by atoms with Crippen LogP contribution in [0.3, 0.4) is 0 Å². The fourth-order valence-electron chi connectivity index (χ4n) is 3.12. The molecule has 0 aliphatic carbocycles. The van der Waals surface area contributed by atoms with Gasteiger partial charge in [0.05, 0.1) is 11.9 Å². The SMILES string of the molecule is Cc1ccc(N(c2ccccc2)c2ccc(/C=N/Nc3ccccc3)cc2)cc1. The molecule has 0 aromatic heterocycles. The quantitative estimate of drug-likeness (QED) is 0.292. The van der Waals surface area contributed by atoms with Gasteiger partial charge in [-0.1, -0.05) is 66.2 Å². The molecule has 3 nitrogen and oxygen atoms in total. The van der Waals surface area contributed by atoms with E-state index >= 15 is 0 Å². The fourth-order valence-corrected chi connectivity index (χ4v) is 3.12. The van der Waals surface area contributed by atoms with Gasteiger partial charge in [-0.15, -0.1) is 0 Å². The normalized spacial score (nSPS) is 10.8. The van der Waals surface area contributed by atoms with Crippen LogP contribution >= 0.6 is 0 Å². The molecule has 0 atom stereocenters. The predicted molar refractivity (Wildman–Crippen MR) is 124 cm³/mol. The molecule has 142 valence electrons. The van der Waals surface area contributed by atoms with Crippen LogP contribution in [0, 0.1) is 6.92 Å². The van der Waals surface area contributed by atoms with E-state index in [4.69, 9.17) is 0 Å². The molecule has 4 rings (SSSR count). The predicted octanol–water partition coefficient (Wildman–Crippen LogP) is 6.91. The van der Waals surface area contributed by atoms with Gasteiger partial charge >= 0.3 is 0 Å². The van der Waals surface area contributed by atoms with Gasteiger partial charge in [-0.2, -0.15) is 5.10 Å². The molecule has 0 fully saturated rings. The molecular weight excluding hydrogens is 354 g/mol. The Morgan fingerprint density at radius 1 is 0.621 bits per heavy atom. The minimum absolute atomic E-state index is 0.968. The lowest BCUT2D eigenvalue weighted by Crippen LogP contribution is -2.09. The molecule has 0 radical (unpaired) electrons. The van der Waals surface area contributed by atoms with Gasteiger partial charge in [-0.3, -0.25) is 5.43 Å². The summed E-state index contributed by atoms with van der Waals surface area (Å²) in [5, 5.41) is 4.32. The van der Waals surface area contributed by atoms with Crippen LogP contribution in [0.5, 0.6) is 0 Å². The third kappa shape index (κ3) is 4.71. The first-order chi connectivity index (χ1) is 14.3. The zero-order chi connectivity index (χ0) is 19.9. The average molecular weight is 377 g/mol. The largest absolute Gasteiger partial charge is 0.311 e. The second-order valence-corrected chi connectivity index (χ2v) is 6.83. The summed E-state index contributed by atoms with van der Waals surface area (Å²) in [5.41, 5.74) is 9.67. The molecule has 0 unspecified atom stereocenters. The number of nitrogens with one attached hydrogen (secondary N) is 1. The first-order valence-corrected chi connectivity index (χ1v) is 9.66. The molecule has 0 heterocycles. The maximum atomic E-state index is 4.32. The van der Waals surface area contributed by atoms with E-state index in [1.807, 2.05) is 42.6 Å². The summed E-state index contributed by atoms with van der Waals surface area (Å²) in [7, 11) is 0. The Morgan fingerprint density at radius 2 is 1.14 bits per heavy atom. The number of hydrogen-bond donors (Lipinski definition) is 1. The van der Waals surface area contributed by atoms with Gasteiger partial charge in [0, 0.05) is 17.1 Å². The molecule has 0 saturated heterocycles. The minimum Gasteiger partial charge on any atom is -0.311 e. The van der Waals surface area contributed by atoms with E-state index in [9.17, 15) is 0 Å². The fraction of sp³-hybridized carbons (Fsp3) is 0.0385. The van der Waals surface area contributed by atoms with Crippen molar-refractivity contribution >= 4 is 29.0 Å². The van der Waals surface area contributed by atoms with Crippen molar-refractivity contribution in [2.45, 2.75) is 6.92 Å². The third-order valence-electron chi connectivity index (χ3n) is 4.64. The molecule has 0 aliphatic heterocycles. The van der Waals surface area contributed by atoms with E-state index in [0.29, 0.717) is 0 Å². The van der Waals surface area contributed by atoms with Crippen LogP contribution in [0.25, 0.3) is 0 Å². The van der Waals surface area contributed by atoms with E-state index in [-0.39, 0.29) is 0 Å². The monoisotopic (exact) mass is 377 g/mol. The summed E-state index contributed by atoms with van der Waals surface area (Å²) in [6.45, 7) is 2.11. The molecule has 0 saturated carbocycles. The Labute approximate surface area is 172 Å². The van der Waals surface area contributed by atoms with E-state index in [1.54, 1.807) is 0 Å². The Hall–Kier alpha value is -3.85. The highest BCUT2D eigenvalue weighted by molar-refractivity contribution is 5.83. The number of aryl methyl sites for hydroxylation is 1. The molecule has 0 spiro atoms. The van der Waals surface area contributed by atoms with Gasteiger partial charge < -0.3 is 4.90 Å². The Morgan fingerprint density at radius 3 is 1.76 bits per heavy atom. The van der Waals surface area contributed by atoms with Crippen molar-refractivity contribution in [2.75, 3.05) is 10.3 Å². The molecule has 3 heteroatoms. The zero-order valence-corrected chi connectivity index (χ0v) is 16.4. The topological polar surface area (TPSA) is 27.6 Å². The molecule has 0 aliphatic rings. The maximum Gasteiger partial charge on any atom is 0.0561 e. The maximum absolute atomic E-state index is 4.32. The number of benzene rings is 4. The first-order valence-electron chi connectivity index (χ1n) is 9.66. The summed E-state index contributed by atoms with van der Waals surface area (Å²) in [6.07, 6.45) is 1.83.